The zero-order valence-electron chi connectivity index (χ0n) is 13.0. The third kappa shape index (κ3) is 3.89. The van der Waals surface area contributed by atoms with E-state index in [1.165, 1.54) is 24.1 Å². The van der Waals surface area contributed by atoms with Gasteiger partial charge in [-0.15, -0.1) is 0 Å². The smallest absolute Gasteiger partial charge is 0.0415 e. The highest BCUT2D eigenvalue weighted by Gasteiger charge is 2.24. The maximum Gasteiger partial charge on any atom is 0.0415 e. The summed E-state index contributed by atoms with van der Waals surface area (Å²) in [6.07, 6.45) is 3.73. The van der Waals surface area contributed by atoms with Crippen molar-refractivity contribution in [2.75, 3.05) is 18.0 Å². The van der Waals surface area contributed by atoms with E-state index in [1.54, 1.807) is 0 Å². The van der Waals surface area contributed by atoms with E-state index in [1.807, 2.05) is 6.07 Å². The molecule has 1 saturated heterocycles. The van der Waals surface area contributed by atoms with Crippen molar-refractivity contribution in [3.05, 3.63) is 28.8 Å². The van der Waals surface area contributed by atoms with Crippen LogP contribution in [-0.4, -0.2) is 19.1 Å². The van der Waals surface area contributed by atoms with E-state index >= 15 is 0 Å². The molecule has 1 aliphatic rings. The SMILES string of the molecule is CCCNCc1cc(Cl)ccc1N1CCC(C)CC1C. The predicted molar refractivity (Wildman–Crippen MR) is 88.7 cm³/mol. The van der Waals surface area contributed by atoms with Crippen LogP contribution >= 0.6 is 11.6 Å². The number of rotatable bonds is 5. The zero-order valence-corrected chi connectivity index (χ0v) is 13.7. The maximum absolute atomic E-state index is 6.18. The van der Waals surface area contributed by atoms with Crippen LogP contribution in [0.2, 0.25) is 5.02 Å². The molecule has 0 spiro atoms. The number of benzene rings is 1. The van der Waals surface area contributed by atoms with E-state index in [4.69, 9.17) is 11.6 Å². The number of hydrogen-bond acceptors (Lipinski definition) is 2. The second-order valence-electron chi connectivity index (χ2n) is 6.12. The van der Waals surface area contributed by atoms with Crippen molar-refractivity contribution in [1.82, 2.24) is 5.32 Å². The summed E-state index contributed by atoms with van der Waals surface area (Å²) in [6.45, 7) is 10.0. The van der Waals surface area contributed by atoms with Gasteiger partial charge in [0.2, 0.25) is 0 Å². The normalized spacial score (nSPS) is 23.1. The molecular weight excluding hydrogens is 268 g/mol. The fraction of sp³-hybridized carbons (Fsp3) is 0.647. The van der Waals surface area contributed by atoms with Crippen molar-refractivity contribution in [1.29, 1.82) is 0 Å². The number of anilines is 1. The van der Waals surface area contributed by atoms with Crippen LogP contribution < -0.4 is 10.2 Å². The lowest BCUT2D eigenvalue weighted by atomic mass is 9.92. The van der Waals surface area contributed by atoms with Gasteiger partial charge in [-0.3, -0.25) is 0 Å². The standard InChI is InChI=1S/C17H27ClN2/c1-4-8-19-12-15-11-16(18)5-6-17(15)20-9-7-13(2)10-14(20)3/h5-6,11,13-14,19H,4,7-10,12H2,1-3H3. The van der Waals surface area contributed by atoms with Gasteiger partial charge in [0.1, 0.15) is 0 Å². The Bertz CT molecular complexity index is 433. The molecule has 0 aliphatic carbocycles. The summed E-state index contributed by atoms with van der Waals surface area (Å²) in [4.78, 5) is 2.55. The summed E-state index contributed by atoms with van der Waals surface area (Å²) in [6, 6.07) is 6.94. The lowest BCUT2D eigenvalue weighted by Gasteiger charge is -2.39. The molecule has 112 valence electrons. The Balaban J connectivity index is 2.17. The summed E-state index contributed by atoms with van der Waals surface area (Å²) in [5.74, 6) is 0.843. The average Bonchev–Trinajstić information content (AvgIpc) is 2.40. The van der Waals surface area contributed by atoms with E-state index in [-0.39, 0.29) is 0 Å². The second kappa shape index (κ2) is 7.33. The fourth-order valence-corrected chi connectivity index (χ4v) is 3.34. The third-order valence-corrected chi connectivity index (χ3v) is 4.47. The van der Waals surface area contributed by atoms with Gasteiger partial charge >= 0.3 is 0 Å². The van der Waals surface area contributed by atoms with Gasteiger partial charge in [-0.2, -0.15) is 0 Å². The van der Waals surface area contributed by atoms with Gasteiger partial charge in [-0.05, 0) is 62.4 Å². The predicted octanol–water partition coefficient (Wildman–Crippen LogP) is 4.46. The van der Waals surface area contributed by atoms with Crippen molar-refractivity contribution < 1.29 is 0 Å². The Morgan fingerprint density at radius 2 is 2.15 bits per heavy atom. The molecule has 0 amide bonds. The van der Waals surface area contributed by atoms with Gasteiger partial charge in [0, 0.05) is 29.8 Å². The molecule has 3 heteroatoms. The molecular formula is C17H27ClN2. The minimum absolute atomic E-state index is 0.616. The summed E-state index contributed by atoms with van der Waals surface area (Å²) in [5.41, 5.74) is 2.68. The first-order valence-electron chi connectivity index (χ1n) is 7.87. The highest BCUT2D eigenvalue weighted by atomic mass is 35.5. The van der Waals surface area contributed by atoms with Gasteiger partial charge in [0.25, 0.3) is 0 Å². The minimum Gasteiger partial charge on any atom is -0.369 e. The van der Waals surface area contributed by atoms with Crippen molar-refractivity contribution in [3.63, 3.8) is 0 Å². The molecule has 0 radical (unpaired) electrons. The Morgan fingerprint density at radius 1 is 1.35 bits per heavy atom. The molecule has 1 aromatic carbocycles. The van der Waals surface area contributed by atoms with Gasteiger partial charge in [0.05, 0.1) is 0 Å². The summed E-state index contributed by atoms with van der Waals surface area (Å²) < 4.78 is 0. The molecule has 0 saturated carbocycles. The number of hydrogen-bond donors (Lipinski definition) is 1. The van der Waals surface area contributed by atoms with E-state index in [9.17, 15) is 0 Å². The van der Waals surface area contributed by atoms with Gasteiger partial charge in [-0.25, -0.2) is 0 Å². The summed E-state index contributed by atoms with van der Waals surface area (Å²) in [7, 11) is 0. The number of nitrogens with zero attached hydrogens (tertiary/aromatic N) is 1. The fourth-order valence-electron chi connectivity index (χ4n) is 3.14. The van der Waals surface area contributed by atoms with Crippen molar-refractivity contribution in [2.45, 2.75) is 52.6 Å². The lowest BCUT2D eigenvalue weighted by Crippen LogP contribution is -2.41. The second-order valence-corrected chi connectivity index (χ2v) is 6.56. The first-order valence-corrected chi connectivity index (χ1v) is 8.25. The molecule has 1 aromatic rings. The Morgan fingerprint density at radius 3 is 2.85 bits per heavy atom. The largest absolute Gasteiger partial charge is 0.369 e. The van der Waals surface area contributed by atoms with Crippen molar-refractivity contribution >= 4 is 17.3 Å². The zero-order chi connectivity index (χ0) is 14.5. The molecule has 2 atom stereocenters. The third-order valence-electron chi connectivity index (χ3n) is 4.23. The molecule has 20 heavy (non-hydrogen) atoms. The van der Waals surface area contributed by atoms with Crippen LogP contribution in [-0.2, 0) is 6.54 Å². The minimum atomic E-state index is 0.616. The van der Waals surface area contributed by atoms with Gasteiger partial charge < -0.3 is 10.2 Å². The number of nitrogens with one attached hydrogen (secondary N) is 1. The topological polar surface area (TPSA) is 15.3 Å². The summed E-state index contributed by atoms with van der Waals surface area (Å²) >= 11 is 6.18. The van der Waals surface area contributed by atoms with Crippen molar-refractivity contribution in [3.8, 4) is 0 Å². The van der Waals surface area contributed by atoms with Crippen LogP contribution in [0.1, 0.15) is 45.6 Å². The molecule has 1 aliphatic heterocycles. The van der Waals surface area contributed by atoms with Crippen LogP contribution in [0.5, 0.6) is 0 Å². The van der Waals surface area contributed by atoms with E-state index < -0.39 is 0 Å². The molecule has 2 unspecified atom stereocenters. The molecule has 2 rings (SSSR count). The molecule has 2 nitrogen and oxygen atoms in total. The molecule has 0 aromatic heterocycles. The van der Waals surface area contributed by atoms with E-state index in [2.05, 4.69) is 43.1 Å². The first kappa shape index (κ1) is 15.7. The Kier molecular flexibility index (Phi) is 5.74. The van der Waals surface area contributed by atoms with Crippen LogP contribution in [0.3, 0.4) is 0 Å². The molecule has 1 N–H and O–H groups in total. The average molecular weight is 295 g/mol. The van der Waals surface area contributed by atoms with Crippen LogP contribution in [0, 0.1) is 5.92 Å². The van der Waals surface area contributed by atoms with Gasteiger partial charge in [0.15, 0.2) is 0 Å². The van der Waals surface area contributed by atoms with Crippen LogP contribution in [0.4, 0.5) is 5.69 Å². The Hall–Kier alpha value is -0.730. The van der Waals surface area contributed by atoms with Crippen molar-refractivity contribution in [2.24, 2.45) is 5.92 Å². The monoisotopic (exact) mass is 294 g/mol. The number of piperidine rings is 1. The maximum atomic E-state index is 6.18. The van der Waals surface area contributed by atoms with E-state index in [0.717, 1.165) is 37.0 Å². The summed E-state index contributed by atoms with van der Waals surface area (Å²) in [5, 5.41) is 4.33. The quantitative estimate of drug-likeness (QED) is 0.806. The molecule has 0 bridgehead atoms. The number of halogens is 1. The highest BCUT2D eigenvalue weighted by Crippen LogP contribution is 2.31. The first-order chi connectivity index (χ1) is 9.61. The molecule has 1 fully saturated rings. The Labute approximate surface area is 128 Å². The van der Waals surface area contributed by atoms with Gasteiger partial charge in [-0.1, -0.05) is 25.4 Å². The van der Waals surface area contributed by atoms with E-state index in [0.29, 0.717) is 6.04 Å². The van der Waals surface area contributed by atoms with Crippen LogP contribution in [0.25, 0.3) is 0 Å². The highest BCUT2D eigenvalue weighted by molar-refractivity contribution is 6.30. The van der Waals surface area contributed by atoms with Crippen LogP contribution in [0.15, 0.2) is 18.2 Å². The lowest BCUT2D eigenvalue weighted by molar-refractivity contribution is 0.377. The molecule has 1 heterocycles.